The van der Waals surface area contributed by atoms with Gasteiger partial charge < -0.3 is 0 Å². The molecule has 98 valence electrons. The Balaban J connectivity index is 2.31. The Labute approximate surface area is 122 Å². The van der Waals surface area contributed by atoms with Crippen LogP contribution in [-0.2, 0) is 0 Å². The predicted molar refractivity (Wildman–Crippen MR) is 84.5 cm³/mol. The van der Waals surface area contributed by atoms with Crippen molar-refractivity contribution in [3.8, 4) is 11.1 Å². The lowest BCUT2D eigenvalue weighted by Crippen LogP contribution is -1.90. The van der Waals surface area contributed by atoms with Gasteiger partial charge in [-0.25, -0.2) is 0 Å². The Morgan fingerprint density at radius 3 is 2.30 bits per heavy atom. The molecule has 20 heavy (non-hydrogen) atoms. The summed E-state index contributed by atoms with van der Waals surface area (Å²) in [5.74, 6) is 0. The second-order valence-electron chi connectivity index (χ2n) is 4.89. The highest BCUT2D eigenvalue weighted by Gasteiger charge is 2.10. The van der Waals surface area contributed by atoms with Crippen molar-refractivity contribution in [2.24, 2.45) is 0 Å². The first kappa shape index (κ1) is 12.9. The smallest absolute Gasteiger partial charge is 0.150 e. The van der Waals surface area contributed by atoms with Crippen molar-refractivity contribution < 1.29 is 4.79 Å². The fraction of sp³-hybridized carbons (Fsp3) is 0.0556. The minimum absolute atomic E-state index is 0.660. The number of aldehydes is 1. The zero-order valence-corrected chi connectivity index (χ0v) is 11.8. The zero-order chi connectivity index (χ0) is 14.1. The third-order valence-corrected chi connectivity index (χ3v) is 3.77. The Hall–Kier alpha value is -2.12. The molecule has 0 saturated heterocycles. The Morgan fingerprint density at radius 1 is 0.900 bits per heavy atom. The molecule has 0 atom stereocenters. The van der Waals surface area contributed by atoms with E-state index in [4.69, 9.17) is 11.6 Å². The molecule has 0 aliphatic heterocycles. The molecule has 1 nitrogen and oxygen atoms in total. The van der Waals surface area contributed by atoms with Gasteiger partial charge in [0.2, 0.25) is 0 Å². The molecule has 0 aliphatic carbocycles. The van der Waals surface area contributed by atoms with Crippen molar-refractivity contribution in [1.29, 1.82) is 0 Å². The van der Waals surface area contributed by atoms with E-state index in [1.807, 2.05) is 61.5 Å². The van der Waals surface area contributed by atoms with Crippen LogP contribution in [0.3, 0.4) is 0 Å². The molecule has 2 heteroatoms. The maximum Gasteiger partial charge on any atom is 0.150 e. The van der Waals surface area contributed by atoms with Crippen LogP contribution in [0.1, 0.15) is 15.9 Å². The van der Waals surface area contributed by atoms with Crippen LogP contribution >= 0.6 is 11.6 Å². The molecule has 0 aromatic heterocycles. The van der Waals surface area contributed by atoms with E-state index in [1.165, 1.54) is 0 Å². The summed E-state index contributed by atoms with van der Waals surface area (Å²) in [6, 6.07) is 17.8. The van der Waals surface area contributed by atoms with Crippen molar-refractivity contribution in [2.45, 2.75) is 6.92 Å². The van der Waals surface area contributed by atoms with Gasteiger partial charge in [0.25, 0.3) is 0 Å². The fourth-order valence-corrected chi connectivity index (χ4v) is 2.70. The predicted octanol–water partition coefficient (Wildman–Crippen LogP) is 5.28. The second kappa shape index (κ2) is 5.10. The monoisotopic (exact) mass is 280 g/mol. The molecule has 3 rings (SSSR count). The van der Waals surface area contributed by atoms with E-state index in [1.54, 1.807) is 0 Å². The van der Waals surface area contributed by atoms with Gasteiger partial charge in [-0.15, -0.1) is 0 Å². The van der Waals surface area contributed by atoms with Crippen LogP contribution in [0.25, 0.3) is 21.9 Å². The van der Waals surface area contributed by atoms with Gasteiger partial charge in [-0.05, 0) is 35.4 Å². The lowest BCUT2D eigenvalue weighted by atomic mass is 9.96. The van der Waals surface area contributed by atoms with E-state index in [-0.39, 0.29) is 0 Å². The highest BCUT2D eigenvalue weighted by molar-refractivity contribution is 6.34. The number of aryl methyl sites for hydroxylation is 1. The van der Waals surface area contributed by atoms with Crippen LogP contribution in [0, 0.1) is 6.92 Å². The van der Waals surface area contributed by atoms with Crippen LogP contribution in [0.15, 0.2) is 54.6 Å². The van der Waals surface area contributed by atoms with E-state index >= 15 is 0 Å². The van der Waals surface area contributed by atoms with Crippen molar-refractivity contribution in [3.05, 3.63) is 70.7 Å². The van der Waals surface area contributed by atoms with Crippen molar-refractivity contribution in [2.75, 3.05) is 0 Å². The molecule has 0 fully saturated rings. The molecular weight excluding hydrogens is 268 g/mol. The van der Waals surface area contributed by atoms with E-state index in [0.29, 0.717) is 10.6 Å². The fourth-order valence-electron chi connectivity index (χ4n) is 2.43. The maximum atomic E-state index is 11.2. The lowest BCUT2D eigenvalue weighted by Gasteiger charge is -2.10. The number of benzene rings is 3. The summed E-state index contributed by atoms with van der Waals surface area (Å²) in [4.78, 5) is 11.2. The molecule has 0 N–H and O–H groups in total. The van der Waals surface area contributed by atoms with Gasteiger partial charge in [0.15, 0.2) is 6.29 Å². The minimum Gasteiger partial charge on any atom is -0.298 e. The number of hydrogen-bond acceptors (Lipinski definition) is 1. The first-order valence-corrected chi connectivity index (χ1v) is 6.81. The van der Waals surface area contributed by atoms with Gasteiger partial charge >= 0.3 is 0 Å². The second-order valence-corrected chi connectivity index (χ2v) is 5.29. The third kappa shape index (κ3) is 2.21. The Kier molecular flexibility index (Phi) is 3.29. The highest BCUT2D eigenvalue weighted by Crippen LogP contribution is 2.34. The zero-order valence-electron chi connectivity index (χ0n) is 11.1. The van der Waals surface area contributed by atoms with E-state index in [2.05, 4.69) is 0 Å². The molecule has 0 radical (unpaired) electrons. The van der Waals surface area contributed by atoms with E-state index in [0.717, 1.165) is 33.7 Å². The molecule has 0 bridgehead atoms. The number of rotatable bonds is 2. The Morgan fingerprint density at radius 2 is 1.60 bits per heavy atom. The van der Waals surface area contributed by atoms with Crippen LogP contribution in [0.4, 0.5) is 0 Å². The van der Waals surface area contributed by atoms with Gasteiger partial charge in [0.1, 0.15) is 0 Å². The van der Waals surface area contributed by atoms with E-state index < -0.39 is 0 Å². The number of carbonyl (C=O) groups excluding carboxylic acids is 1. The summed E-state index contributed by atoms with van der Waals surface area (Å²) >= 11 is 6.40. The van der Waals surface area contributed by atoms with Crippen LogP contribution in [0.2, 0.25) is 5.02 Å². The van der Waals surface area contributed by atoms with Crippen LogP contribution in [-0.4, -0.2) is 6.29 Å². The van der Waals surface area contributed by atoms with Crippen molar-refractivity contribution >= 4 is 28.7 Å². The highest BCUT2D eigenvalue weighted by atomic mass is 35.5. The summed E-state index contributed by atoms with van der Waals surface area (Å²) in [7, 11) is 0. The molecule has 0 amide bonds. The molecule has 0 heterocycles. The van der Waals surface area contributed by atoms with Crippen molar-refractivity contribution in [1.82, 2.24) is 0 Å². The summed E-state index contributed by atoms with van der Waals surface area (Å²) in [6.07, 6.45) is 0.875. The molecule has 0 saturated carbocycles. The van der Waals surface area contributed by atoms with Gasteiger partial charge in [-0.3, -0.25) is 4.79 Å². The average molecular weight is 281 g/mol. The summed E-state index contributed by atoms with van der Waals surface area (Å²) < 4.78 is 0. The summed E-state index contributed by atoms with van der Waals surface area (Å²) in [5.41, 5.74) is 3.55. The van der Waals surface area contributed by atoms with E-state index in [9.17, 15) is 4.79 Å². The number of carbonyl (C=O) groups is 1. The standard InChI is InChI=1S/C18H13ClO/c1-12-6-7-15(11-20)16(8-12)17-9-13-4-2-3-5-14(13)10-18(17)19/h2-11H,1H3. The van der Waals surface area contributed by atoms with Gasteiger partial charge in [-0.1, -0.05) is 59.6 Å². The molecule has 3 aromatic rings. The molecule has 0 aliphatic rings. The Bertz CT molecular complexity index is 806. The molecule has 0 spiro atoms. The lowest BCUT2D eigenvalue weighted by molar-refractivity contribution is 0.112. The number of fused-ring (bicyclic) bond motifs is 1. The summed E-state index contributed by atoms with van der Waals surface area (Å²) in [6.45, 7) is 2.01. The first-order valence-electron chi connectivity index (χ1n) is 6.43. The normalized spacial score (nSPS) is 10.7. The number of hydrogen-bond donors (Lipinski definition) is 0. The van der Waals surface area contributed by atoms with Gasteiger partial charge in [-0.2, -0.15) is 0 Å². The van der Waals surface area contributed by atoms with Crippen LogP contribution in [0.5, 0.6) is 0 Å². The quantitative estimate of drug-likeness (QED) is 0.584. The molecule has 0 unspecified atom stereocenters. The third-order valence-electron chi connectivity index (χ3n) is 3.46. The largest absolute Gasteiger partial charge is 0.298 e. The molecular formula is C18H13ClO. The maximum absolute atomic E-state index is 11.2. The first-order chi connectivity index (χ1) is 9.69. The van der Waals surface area contributed by atoms with Crippen molar-refractivity contribution in [3.63, 3.8) is 0 Å². The van der Waals surface area contributed by atoms with Gasteiger partial charge in [0.05, 0.1) is 0 Å². The minimum atomic E-state index is 0.660. The summed E-state index contributed by atoms with van der Waals surface area (Å²) in [5, 5.41) is 2.88. The van der Waals surface area contributed by atoms with Crippen LogP contribution < -0.4 is 0 Å². The average Bonchev–Trinajstić information content (AvgIpc) is 2.46. The molecule has 3 aromatic carbocycles. The number of halogens is 1. The van der Waals surface area contributed by atoms with Gasteiger partial charge in [0, 0.05) is 16.1 Å². The SMILES string of the molecule is Cc1ccc(C=O)c(-c2cc3ccccc3cc2Cl)c1. The topological polar surface area (TPSA) is 17.1 Å².